The molecule has 1 atom stereocenters. The van der Waals surface area contributed by atoms with Gasteiger partial charge in [-0.05, 0) is 74.8 Å². The van der Waals surface area contributed by atoms with Gasteiger partial charge in [0, 0.05) is 24.1 Å². The maximum absolute atomic E-state index is 12.6. The molecule has 2 aromatic carbocycles. The Kier molecular flexibility index (Phi) is 7.15. The highest BCUT2D eigenvalue weighted by atomic mass is 32.1. The fourth-order valence-corrected chi connectivity index (χ4v) is 3.74. The van der Waals surface area contributed by atoms with E-state index in [-0.39, 0.29) is 18.6 Å². The van der Waals surface area contributed by atoms with Gasteiger partial charge in [-0.15, -0.1) is 0 Å². The normalized spacial score (nSPS) is 15.8. The highest BCUT2D eigenvalue weighted by Gasteiger charge is 2.33. The van der Waals surface area contributed by atoms with Gasteiger partial charge in [0.15, 0.2) is 5.11 Å². The summed E-state index contributed by atoms with van der Waals surface area (Å²) >= 11 is 5.41. The maximum Gasteiger partial charge on any atom is 0.338 e. The van der Waals surface area contributed by atoms with E-state index < -0.39 is 6.04 Å². The van der Waals surface area contributed by atoms with Crippen molar-refractivity contribution < 1.29 is 14.3 Å². The van der Waals surface area contributed by atoms with Crippen LogP contribution in [0.3, 0.4) is 0 Å². The second-order valence-corrected chi connectivity index (χ2v) is 8.00. The highest BCUT2D eigenvalue weighted by Crippen LogP contribution is 2.31. The summed E-state index contributed by atoms with van der Waals surface area (Å²) in [4.78, 5) is 26.8. The molecule has 2 aromatic rings. The van der Waals surface area contributed by atoms with Gasteiger partial charge < -0.3 is 25.6 Å². The van der Waals surface area contributed by atoms with Gasteiger partial charge >= 0.3 is 12.0 Å². The molecule has 0 saturated carbocycles. The van der Waals surface area contributed by atoms with Gasteiger partial charge in [-0.3, -0.25) is 0 Å². The molecule has 0 unspecified atom stereocenters. The molecule has 1 heterocycles. The van der Waals surface area contributed by atoms with Crippen molar-refractivity contribution in [1.82, 2.24) is 10.2 Å². The van der Waals surface area contributed by atoms with Gasteiger partial charge in [0.05, 0.1) is 18.2 Å². The number of nitrogens with one attached hydrogen (secondary N) is 3. The summed E-state index contributed by atoms with van der Waals surface area (Å²) in [5.74, 6) is -0.382. The molecule has 32 heavy (non-hydrogen) atoms. The molecule has 168 valence electrons. The number of esters is 1. The Balaban J connectivity index is 1.78. The Morgan fingerprint density at radius 2 is 1.78 bits per heavy atom. The van der Waals surface area contributed by atoms with Gasteiger partial charge in [0.1, 0.15) is 0 Å². The fraction of sp³-hybridized carbons (Fsp3) is 0.292. The topological polar surface area (TPSA) is 82.7 Å². The number of benzene rings is 2. The van der Waals surface area contributed by atoms with E-state index in [9.17, 15) is 9.59 Å². The molecule has 0 saturated heterocycles. The zero-order valence-electron chi connectivity index (χ0n) is 18.9. The van der Waals surface area contributed by atoms with Crippen molar-refractivity contribution in [2.45, 2.75) is 33.7 Å². The van der Waals surface area contributed by atoms with E-state index in [4.69, 9.17) is 17.0 Å². The Morgan fingerprint density at radius 3 is 2.44 bits per heavy atom. The molecule has 0 bridgehead atoms. The average molecular weight is 453 g/mol. The van der Waals surface area contributed by atoms with Crippen LogP contribution >= 0.6 is 12.2 Å². The number of hydrogen-bond donors (Lipinski definition) is 3. The predicted octanol–water partition coefficient (Wildman–Crippen LogP) is 4.65. The van der Waals surface area contributed by atoms with Crippen molar-refractivity contribution in [2.24, 2.45) is 0 Å². The second kappa shape index (κ2) is 9.82. The minimum atomic E-state index is -0.435. The zero-order chi connectivity index (χ0) is 23.4. The van der Waals surface area contributed by atoms with Crippen LogP contribution < -0.4 is 16.0 Å². The molecular formula is C24H28N4O3S. The smallest absolute Gasteiger partial charge is 0.338 e. The molecule has 7 nitrogen and oxygen atoms in total. The predicted molar refractivity (Wildman–Crippen MR) is 131 cm³/mol. The van der Waals surface area contributed by atoms with E-state index in [1.54, 1.807) is 24.0 Å². The maximum atomic E-state index is 12.6. The van der Waals surface area contributed by atoms with Crippen molar-refractivity contribution in [3.63, 3.8) is 0 Å². The van der Waals surface area contributed by atoms with Crippen molar-refractivity contribution in [2.75, 3.05) is 24.3 Å². The number of aryl methyl sites for hydroxylation is 1. The standard InChI is InChI=1S/C24H28N4O3S/c1-6-31-22(29)20-16(4)28(5)24(32)27-21(20)17-10-12-18(13-11-17)25-23(30)26-19-9-7-8-14(2)15(19)3/h7-13,21H,6H2,1-5H3,(H,27,32)(H2,25,26,30)/t21-/m0/s1. The van der Waals surface area contributed by atoms with Crippen LogP contribution in [-0.2, 0) is 9.53 Å². The first-order valence-corrected chi connectivity index (χ1v) is 10.8. The first-order valence-electron chi connectivity index (χ1n) is 10.4. The van der Waals surface area contributed by atoms with Crippen molar-refractivity contribution in [3.05, 3.63) is 70.4 Å². The van der Waals surface area contributed by atoms with E-state index in [1.165, 1.54) is 0 Å². The Hall–Kier alpha value is -3.39. The summed E-state index contributed by atoms with van der Waals surface area (Å²) in [5, 5.41) is 9.44. The number of nitrogens with zero attached hydrogens (tertiary/aromatic N) is 1. The lowest BCUT2D eigenvalue weighted by Gasteiger charge is -2.35. The summed E-state index contributed by atoms with van der Waals surface area (Å²) in [6, 6.07) is 12.3. The monoisotopic (exact) mass is 452 g/mol. The van der Waals surface area contributed by atoms with Crippen LogP contribution in [0.15, 0.2) is 53.7 Å². The number of allylic oxidation sites excluding steroid dienone is 1. The lowest BCUT2D eigenvalue weighted by molar-refractivity contribution is -0.139. The van der Waals surface area contributed by atoms with Crippen LogP contribution in [0.4, 0.5) is 16.2 Å². The quantitative estimate of drug-likeness (QED) is 0.453. The number of amides is 2. The van der Waals surface area contributed by atoms with Gasteiger partial charge in [0.25, 0.3) is 0 Å². The number of ether oxygens (including phenoxy) is 1. The number of hydrogen-bond acceptors (Lipinski definition) is 4. The summed E-state index contributed by atoms with van der Waals surface area (Å²) in [6.45, 7) is 7.88. The average Bonchev–Trinajstić information content (AvgIpc) is 2.75. The van der Waals surface area contributed by atoms with Crippen LogP contribution in [0.1, 0.15) is 36.6 Å². The number of urea groups is 1. The molecule has 0 fully saturated rings. The summed E-state index contributed by atoms with van der Waals surface area (Å²) in [7, 11) is 1.81. The van der Waals surface area contributed by atoms with Crippen LogP contribution in [0.2, 0.25) is 0 Å². The van der Waals surface area contributed by atoms with E-state index in [0.717, 1.165) is 28.1 Å². The Bertz CT molecular complexity index is 1080. The number of rotatable bonds is 5. The van der Waals surface area contributed by atoms with Crippen LogP contribution in [0.5, 0.6) is 0 Å². The molecule has 3 rings (SSSR count). The third kappa shape index (κ3) is 4.91. The van der Waals surface area contributed by atoms with Crippen LogP contribution in [0, 0.1) is 13.8 Å². The molecular weight excluding hydrogens is 424 g/mol. The van der Waals surface area contributed by atoms with Crippen LogP contribution in [0.25, 0.3) is 0 Å². The molecule has 2 amide bonds. The van der Waals surface area contributed by atoms with Gasteiger partial charge in [-0.25, -0.2) is 9.59 Å². The molecule has 8 heteroatoms. The third-order valence-electron chi connectivity index (χ3n) is 5.60. The summed E-state index contributed by atoms with van der Waals surface area (Å²) in [6.07, 6.45) is 0. The molecule has 3 N–H and O–H groups in total. The molecule has 1 aliphatic rings. The number of thiocarbonyl (C=S) groups is 1. The van der Waals surface area contributed by atoms with Gasteiger partial charge in [-0.1, -0.05) is 24.3 Å². The van der Waals surface area contributed by atoms with E-state index in [0.29, 0.717) is 16.4 Å². The largest absolute Gasteiger partial charge is 0.463 e. The minimum absolute atomic E-state index is 0.287. The number of carbonyl (C=O) groups is 2. The second-order valence-electron chi connectivity index (χ2n) is 7.61. The highest BCUT2D eigenvalue weighted by molar-refractivity contribution is 7.80. The van der Waals surface area contributed by atoms with Crippen molar-refractivity contribution in [3.8, 4) is 0 Å². The van der Waals surface area contributed by atoms with Crippen LogP contribution in [-0.4, -0.2) is 35.7 Å². The van der Waals surface area contributed by atoms with E-state index in [1.807, 2.05) is 58.2 Å². The number of anilines is 2. The molecule has 0 radical (unpaired) electrons. The van der Waals surface area contributed by atoms with Gasteiger partial charge in [-0.2, -0.15) is 0 Å². The first kappa shape index (κ1) is 23.3. The molecule has 0 spiro atoms. The third-order valence-corrected chi connectivity index (χ3v) is 6.00. The SMILES string of the molecule is CCOC(=O)C1=C(C)N(C)C(=S)N[C@H]1c1ccc(NC(=O)Nc2cccc(C)c2C)cc1. The van der Waals surface area contributed by atoms with E-state index >= 15 is 0 Å². The molecule has 0 aromatic heterocycles. The molecule has 0 aliphatic carbocycles. The van der Waals surface area contributed by atoms with Gasteiger partial charge in [0.2, 0.25) is 0 Å². The van der Waals surface area contributed by atoms with E-state index in [2.05, 4.69) is 16.0 Å². The Morgan fingerprint density at radius 1 is 1.09 bits per heavy atom. The first-order chi connectivity index (χ1) is 15.2. The lowest BCUT2D eigenvalue weighted by atomic mass is 9.95. The number of carbonyl (C=O) groups excluding carboxylic acids is 2. The van der Waals surface area contributed by atoms with Crippen molar-refractivity contribution in [1.29, 1.82) is 0 Å². The lowest BCUT2D eigenvalue weighted by Crippen LogP contribution is -2.46. The minimum Gasteiger partial charge on any atom is -0.463 e. The molecule has 1 aliphatic heterocycles. The zero-order valence-corrected chi connectivity index (χ0v) is 19.7. The van der Waals surface area contributed by atoms with Crippen molar-refractivity contribution >= 4 is 40.7 Å². The summed E-state index contributed by atoms with van der Waals surface area (Å²) in [5.41, 5.74) is 5.62. The Labute approximate surface area is 193 Å². The fourth-order valence-electron chi connectivity index (χ4n) is 3.49. The summed E-state index contributed by atoms with van der Waals surface area (Å²) < 4.78 is 5.27.